The van der Waals surface area contributed by atoms with Crippen molar-refractivity contribution in [2.45, 2.75) is 38.9 Å². The van der Waals surface area contributed by atoms with Crippen molar-refractivity contribution in [1.82, 2.24) is 25.5 Å². The van der Waals surface area contributed by atoms with Crippen LogP contribution in [0.4, 0.5) is 0 Å². The Morgan fingerprint density at radius 3 is 3.00 bits per heavy atom. The van der Waals surface area contributed by atoms with Gasteiger partial charge in [-0.3, -0.25) is 14.9 Å². The van der Waals surface area contributed by atoms with Gasteiger partial charge in [0.1, 0.15) is 11.9 Å². The standard InChI is InChI=1S/C15H18ClN5O2/c1-8-11(6-17-7-12(8)16)15(22)18-5-10-3-4-13(23-10)14-19-9(2)20-21-14/h6-7,10,13H,3-5H2,1-2H3,(H,18,22)(H,19,20,21)/t10-,13+/m1/s1. The largest absolute Gasteiger partial charge is 0.365 e. The topological polar surface area (TPSA) is 92.8 Å². The molecule has 7 nitrogen and oxygen atoms in total. The molecule has 23 heavy (non-hydrogen) atoms. The molecular weight excluding hydrogens is 318 g/mol. The van der Waals surface area contributed by atoms with Crippen LogP contribution in [-0.2, 0) is 4.74 Å². The summed E-state index contributed by atoms with van der Waals surface area (Å²) in [4.78, 5) is 20.5. The second kappa shape index (κ2) is 6.64. The molecule has 0 aliphatic carbocycles. The predicted octanol–water partition coefficient (Wildman–Crippen LogP) is 2.12. The maximum Gasteiger partial charge on any atom is 0.253 e. The fourth-order valence-electron chi connectivity index (χ4n) is 2.58. The summed E-state index contributed by atoms with van der Waals surface area (Å²) >= 11 is 5.99. The second-order valence-corrected chi connectivity index (χ2v) is 6.01. The van der Waals surface area contributed by atoms with Gasteiger partial charge in [-0.25, -0.2) is 4.98 Å². The Morgan fingerprint density at radius 2 is 2.26 bits per heavy atom. The van der Waals surface area contributed by atoms with Crippen molar-refractivity contribution < 1.29 is 9.53 Å². The van der Waals surface area contributed by atoms with Crippen molar-refractivity contribution in [1.29, 1.82) is 0 Å². The van der Waals surface area contributed by atoms with Gasteiger partial charge in [0.2, 0.25) is 0 Å². The molecule has 1 aliphatic rings. The number of pyridine rings is 1. The normalized spacial score (nSPS) is 20.7. The summed E-state index contributed by atoms with van der Waals surface area (Å²) in [7, 11) is 0. The molecule has 0 aromatic carbocycles. The number of aryl methyl sites for hydroxylation is 1. The van der Waals surface area contributed by atoms with E-state index in [1.807, 2.05) is 6.92 Å². The van der Waals surface area contributed by atoms with Gasteiger partial charge in [0, 0.05) is 18.9 Å². The summed E-state index contributed by atoms with van der Waals surface area (Å²) in [6.45, 7) is 4.09. The molecule has 2 aromatic heterocycles. The first kappa shape index (κ1) is 15.9. The molecule has 2 N–H and O–H groups in total. The Bertz CT molecular complexity index is 718. The van der Waals surface area contributed by atoms with E-state index in [0.29, 0.717) is 23.0 Å². The lowest BCUT2D eigenvalue weighted by Crippen LogP contribution is -2.32. The Labute approximate surface area is 138 Å². The van der Waals surface area contributed by atoms with E-state index < -0.39 is 0 Å². The van der Waals surface area contributed by atoms with Crippen molar-refractivity contribution >= 4 is 17.5 Å². The third-order valence-electron chi connectivity index (χ3n) is 3.90. The van der Waals surface area contributed by atoms with Gasteiger partial charge in [0.15, 0.2) is 5.82 Å². The number of ether oxygens (including phenoxy) is 1. The van der Waals surface area contributed by atoms with Crippen LogP contribution in [0.2, 0.25) is 5.02 Å². The maximum atomic E-state index is 12.2. The Balaban J connectivity index is 1.55. The Hall–Kier alpha value is -1.99. The smallest absolute Gasteiger partial charge is 0.253 e. The summed E-state index contributed by atoms with van der Waals surface area (Å²) in [6.07, 6.45) is 4.58. The molecule has 0 radical (unpaired) electrons. The van der Waals surface area contributed by atoms with E-state index in [1.165, 1.54) is 12.4 Å². The van der Waals surface area contributed by atoms with Gasteiger partial charge < -0.3 is 10.1 Å². The van der Waals surface area contributed by atoms with Gasteiger partial charge in [-0.2, -0.15) is 5.10 Å². The maximum absolute atomic E-state index is 12.2. The minimum atomic E-state index is -0.196. The molecule has 2 atom stereocenters. The third-order valence-corrected chi connectivity index (χ3v) is 4.28. The molecule has 0 bridgehead atoms. The van der Waals surface area contributed by atoms with Gasteiger partial charge in [-0.05, 0) is 32.3 Å². The molecule has 2 aromatic rings. The van der Waals surface area contributed by atoms with Gasteiger partial charge in [-0.1, -0.05) is 11.6 Å². The van der Waals surface area contributed by atoms with Crippen molar-refractivity contribution in [2.75, 3.05) is 6.54 Å². The lowest BCUT2D eigenvalue weighted by atomic mass is 10.1. The van der Waals surface area contributed by atoms with E-state index in [2.05, 4.69) is 25.5 Å². The molecule has 3 rings (SSSR count). The van der Waals surface area contributed by atoms with Crippen LogP contribution in [0.25, 0.3) is 0 Å². The van der Waals surface area contributed by atoms with Crippen molar-refractivity contribution in [2.24, 2.45) is 0 Å². The van der Waals surface area contributed by atoms with E-state index >= 15 is 0 Å². The molecule has 3 heterocycles. The van der Waals surface area contributed by atoms with Crippen LogP contribution in [-0.4, -0.2) is 38.7 Å². The van der Waals surface area contributed by atoms with E-state index in [9.17, 15) is 4.79 Å². The number of carbonyl (C=O) groups excluding carboxylic acids is 1. The van der Waals surface area contributed by atoms with Gasteiger partial charge >= 0.3 is 0 Å². The van der Waals surface area contributed by atoms with Crippen LogP contribution in [0.5, 0.6) is 0 Å². The van der Waals surface area contributed by atoms with Crippen LogP contribution in [0.15, 0.2) is 12.4 Å². The van der Waals surface area contributed by atoms with E-state index in [4.69, 9.17) is 16.3 Å². The number of hydrogen-bond acceptors (Lipinski definition) is 5. The minimum absolute atomic E-state index is 0.0461. The zero-order chi connectivity index (χ0) is 16.4. The van der Waals surface area contributed by atoms with Gasteiger partial charge in [0.05, 0.1) is 16.7 Å². The number of aromatic nitrogens is 4. The first-order chi connectivity index (χ1) is 11.0. The van der Waals surface area contributed by atoms with Crippen molar-refractivity contribution in [3.63, 3.8) is 0 Å². The van der Waals surface area contributed by atoms with Crippen LogP contribution in [0, 0.1) is 13.8 Å². The van der Waals surface area contributed by atoms with Crippen molar-refractivity contribution in [3.8, 4) is 0 Å². The average molecular weight is 336 g/mol. The Kier molecular flexibility index (Phi) is 4.58. The van der Waals surface area contributed by atoms with Crippen LogP contribution in [0.1, 0.15) is 46.5 Å². The summed E-state index contributed by atoms with van der Waals surface area (Å²) in [5.74, 6) is 1.24. The first-order valence-corrected chi connectivity index (χ1v) is 7.85. The quantitative estimate of drug-likeness (QED) is 0.892. The predicted molar refractivity (Wildman–Crippen MR) is 84.3 cm³/mol. The summed E-state index contributed by atoms with van der Waals surface area (Å²) in [5, 5.41) is 10.3. The van der Waals surface area contributed by atoms with Gasteiger partial charge in [0.25, 0.3) is 5.91 Å². The van der Waals surface area contributed by atoms with Crippen molar-refractivity contribution in [3.05, 3.63) is 40.2 Å². The van der Waals surface area contributed by atoms with Crippen LogP contribution in [0.3, 0.4) is 0 Å². The van der Waals surface area contributed by atoms with Gasteiger partial charge in [-0.15, -0.1) is 0 Å². The zero-order valence-corrected chi connectivity index (χ0v) is 13.7. The number of hydrogen-bond donors (Lipinski definition) is 2. The fourth-order valence-corrected chi connectivity index (χ4v) is 2.74. The number of rotatable bonds is 4. The Morgan fingerprint density at radius 1 is 1.43 bits per heavy atom. The molecule has 0 spiro atoms. The molecule has 0 saturated carbocycles. The fraction of sp³-hybridized carbons (Fsp3) is 0.467. The number of H-pyrrole nitrogens is 1. The lowest BCUT2D eigenvalue weighted by Gasteiger charge is -2.13. The number of carbonyl (C=O) groups is 1. The van der Waals surface area contributed by atoms with Crippen LogP contribution >= 0.6 is 11.6 Å². The van der Waals surface area contributed by atoms with E-state index in [1.54, 1.807) is 6.92 Å². The molecule has 122 valence electrons. The highest BCUT2D eigenvalue weighted by molar-refractivity contribution is 6.31. The summed E-state index contributed by atoms with van der Waals surface area (Å²) in [6, 6.07) is 0. The summed E-state index contributed by atoms with van der Waals surface area (Å²) < 4.78 is 5.90. The number of nitrogens with zero attached hydrogens (tertiary/aromatic N) is 3. The average Bonchev–Trinajstić information content (AvgIpc) is 3.16. The first-order valence-electron chi connectivity index (χ1n) is 7.47. The third kappa shape index (κ3) is 3.51. The lowest BCUT2D eigenvalue weighted by molar-refractivity contribution is 0.0392. The molecule has 1 fully saturated rings. The summed E-state index contributed by atoms with van der Waals surface area (Å²) in [5.41, 5.74) is 1.21. The van der Waals surface area contributed by atoms with E-state index in [-0.39, 0.29) is 18.1 Å². The highest BCUT2D eigenvalue weighted by Gasteiger charge is 2.29. The van der Waals surface area contributed by atoms with E-state index in [0.717, 1.165) is 24.2 Å². The number of aromatic amines is 1. The number of halogens is 1. The molecule has 1 saturated heterocycles. The highest BCUT2D eigenvalue weighted by Crippen LogP contribution is 2.30. The molecule has 1 amide bonds. The number of amides is 1. The van der Waals surface area contributed by atoms with Crippen LogP contribution < -0.4 is 5.32 Å². The molecular formula is C15H18ClN5O2. The monoisotopic (exact) mass is 335 g/mol. The minimum Gasteiger partial charge on any atom is -0.365 e. The highest BCUT2D eigenvalue weighted by atomic mass is 35.5. The molecule has 8 heteroatoms. The SMILES string of the molecule is Cc1nc([C@@H]2CC[C@H](CNC(=O)c3cncc(Cl)c3C)O2)n[nH]1. The molecule has 0 unspecified atom stereocenters. The molecule has 1 aliphatic heterocycles. The zero-order valence-electron chi connectivity index (χ0n) is 13.0. The number of nitrogens with one attached hydrogen (secondary N) is 2. The second-order valence-electron chi connectivity index (χ2n) is 5.61.